The van der Waals surface area contributed by atoms with Crippen molar-refractivity contribution >= 4 is 23.5 Å². The fraction of sp³-hybridized carbons (Fsp3) is 0.591. The van der Waals surface area contributed by atoms with Crippen molar-refractivity contribution in [2.45, 2.75) is 44.9 Å². The smallest absolute Gasteiger partial charge is 0.337 e. The van der Waals surface area contributed by atoms with E-state index in [1.54, 1.807) is 24.3 Å². The summed E-state index contributed by atoms with van der Waals surface area (Å²) in [4.78, 5) is 36.5. The highest BCUT2D eigenvalue weighted by Gasteiger charge is 2.54. The Balaban J connectivity index is 1.24. The van der Waals surface area contributed by atoms with Crippen LogP contribution in [0.5, 0.6) is 0 Å². The molecular weight excluding hydrogens is 356 g/mol. The molecule has 4 bridgehead atoms. The fourth-order valence-corrected chi connectivity index (χ4v) is 5.90. The van der Waals surface area contributed by atoms with Crippen molar-refractivity contribution in [1.29, 1.82) is 0 Å². The third kappa shape index (κ3) is 3.77. The second kappa shape index (κ2) is 7.57. The summed E-state index contributed by atoms with van der Waals surface area (Å²) in [7, 11) is 1.33. The maximum absolute atomic E-state index is 12.9. The number of benzene rings is 1. The van der Waals surface area contributed by atoms with E-state index in [-0.39, 0.29) is 23.7 Å². The summed E-state index contributed by atoms with van der Waals surface area (Å²) < 4.78 is 4.65. The van der Waals surface area contributed by atoms with E-state index in [9.17, 15) is 14.4 Å². The quantitative estimate of drug-likeness (QED) is 0.738. The molecule has 0 saturated heterocycles. The lowest BCUT2D eigenvalue weighted by Crippen LogP contribution is -2.53. The van der Waals surface area contributed by atoms with E-state index < -0.39 is 5.97 Å². The number of hydrogen-bond acceptors (Lipinski definition) is 4. The van der Waals surface area contributed by atoms with Crippen molar-refractivity contribution < 1.29 is 19.1 Å². The Morgan fingerprint density at radius 2 is 1.57 bits per heavy atom. The summed E-state index contributed by atoms with van der Waals surface area (Å²) in [6, 6.07) is 6.54. The molecule has 2 amide bonds. The minimum Gasteiger partial charge on any atom is -0.465 e. The summed E-state index contributed by atoms with van der Waals surface area (Å²) in [6.45, 7) is 0.354. The first-order valence-corrected chi connectivity index (χ1v) is 10.2. The molecule has 0 aliphatic heterocycles. The fourth-order valence-electron chi connectivity index (χ4n) is 5.90. The summed E-state index contributed by atoms with van der Waals surface area (Å²) in [5.41, 5.74) is 0.878. The van der Waals surface area contributed by atoms with Gasteiger partial charge in [-0.25, -0.2) is 4.79 Å². The zero-order valence-corrected chi connectivity index (χ0v) is 16.3. The molecule has 6 nitrogen and oxygen atoms in total. The molecule has 0 spiro atoms. The molecule has 150 valence electrons. The number of rotatable bonds is 6. The van der Waals surface area contributed by atoms with Crippen molar-refractivity contribution in [3.8, 4) is 0 Å². The van der Waals surface area contributed by atoms with Gasteiger partial charge in [-0.3, -0.25) is 9.59 Å². The molecule has 0 unspecified atom stereocenters. The molecule has 0 radical (unpaired) electrons. The summed E-state index contributed by atoms with van der Waals surface area (Å²) in [6.07, 6.45) is 7.25. The Hall–Kier alpha value is -2.37. The van der Waals surface area contributed by atoms with Gasteiger partial charge < -0.3 is 15.4 Å². The molecule has 28 heavy (non-hydrogen) atoms. The van der Waals surface area contributed by atoms with Crippen molar-refractivity contribution in [1.82, 2.24) is 5.32 Å². The van der Waals surface area contributed by atoms with E-state index in [2.05, 4.69) is 15.4 Å². The first kappa shape index (κ1) is 19.0. The topological polar surface area (TPSA) is 84.5 Å². The lowest BCUT2D eigenvalue weighted by Gasteiger charge is -2.55. The van der Waals surface area contributed by atoms with E-state index in [0.29, 0.717) is 17.8 Å². The molecule has 0 aromatic heterocycles. The predicted molar refractivity (Wildman–Crippen MR) is 105 cm³/mol. The van der Waals surface area contributed by atoms with E-state index >= 15 is 0 Å². The van der Waals surface area contributed by atoms with Crippen LogP contribution >= 0.6 is 0 Å². The molecule has 0 heterocycles. The highest BCUT2D eigenvalue weighted by molar-refractivity contribution is 5.93. The lowest BCUT2D eigenvalue weighted by atomic mass is 9.49. The predicted octanol–water partition coefficient (Wildman–Crippen LogP) is 3.13. The molecule has 1 aromatic rings. The van der Waals surface area contributed by atoms with Crippen LogP contribution in [0.15, 0.2) is 24.3 Å². The first-order valence-electron chi connectivity index (χ1n) is 10.2. The number of methoxy groups -OCH3 is 1. The number of amides is 2. The van der Waals surface area contributed by atoms with Crippen LogP contribution in [0.2, 0.25) is 0 Å². The number of carbonyl (C=O) groups is 3. The molecule has 4 saturated carbocycles. The van der Waals surface area contributed by atoms with Gasteiger partial charge in [0.25, 0.3) is 0 Å². The van der Waals surface area contributed by atoms with E-state index in [1.165, 1.54) is 26.4 Å². The Morgan fingerprint density at radius 3 is 2.11 bits per heavy atom. The Morgan fingerprint density at radius 1 is 1.00 bits per heavy atom. The molecule has 5 rings (SSSR count). The van der Waals surface area contributed by atoms with Crippen molar-refractivity contribution in [2.24, 2.45) is 23.2 Å². The standard InChI is InChI=1S/C22H28N2O4/c1-28-20(26)17-2-4-18(5-3-17)24-19(25)6-7-23-21(27)22-11-14-8-15(12-22)10-16(9-14)13-22/h2-5,14-16H,6-13H2,1H3,(H,23,27)(H,24,25). The van der Waals surface area contributed by atoms with Gasteiger partial charge in [0, 0.05) is 24.1 Å². The van der Waals surface area contributed by atoms with Gasteiger partial charge in [0.15, 0.2) is 0 Å². The zero-order valence-electron chi connectivity index (χ0n) is 16.3. The minimum absolute atomic E-state index is 0.154. The van der Waals surface area contributed by atoms with Gasteiger partial charge in [0.1, 0.15) is 0 Å². The van der Waals surface area contributed by atoms with Gasteiger partial charge in [-0.2, -0.15) is 0 Å². The maximum atomic E-state index is 12.9. The number of hydrogen-bond donors (Lipinski definition) is 2. The SMILES string of the molecule is COC(=O)c1ccc(NC(=O)CCNC(=O)C23CC4CC(CC(C4)C2)C3)cc1. The number of carbonyl (C=O) groups excluding carboxylic acids is 3. The number of anilines is 1. The maximum Gasteiger partial charge on any atom is 0.337 e. The molecular formula is C22H28N2O4. The van der Waals surface area contributed by atoms with Crippen molar-refractivity contribution in [3.05, 3.63) is 29.8 Å². The second-order valence-electron chi connectivity index (χ2n) is 8.82. The Labute approximate surface area is 165 Å². The third-order valence-corrected chi connectivity index (χ3v) is 6.75. The van der Waals surface area contributed by atoms with E-state index in [4.69, 9.17) is 0 Å². The Kier molecular flexibility index (Phi) is 5.13. The minimum atomic E-state index is -0.412. The zero-order chi connectivity index (χ0) is 19.7. The van der Waals surface area contributed by atoms with E-state index in [1.807, 2.05) is 0 Å². The van der Waals surface area contributed by atoms with Gasteiger partial charge in [-0.05, 0) is 80.5 Å². The third-order valence-electron chi connectivity index (χ3n) is 6.75. The van der Waals surface area contributed by atoms with Crippen LogP contribution in [0, 0.1) is 23.2 Å². The average molecular weight is 384 g/mol. The molecule has 0 atom stereocenters. The highest BCUT2D eigenvalue weighted by Crippen LogP contribution is 2.60. The van der Waals surface area contributed by atoms with Gasteiger partial charge in [0.2, 0.25) is 11.8 Å². The molecule has 6 heteroatoms. The van der Waals surface area contributed by atoms with Crippen LogP contribution in [-0.4, -0.2) is 31.4 Å². The molecule has 1 aromatic carbocycles. The second-order valence-corrected chi connectivity index (χ2v) is 8.82. The van der Waals surface area contributed by atoms with Gasteiger partial charge in [-0.1, -0.05) is 0 Å². The summed E-state index contributed by atoms with van der Waals surface area (Å²) in [5.74, 6) is 1.78. The molecule has 4 aliphatic rings. The van der Waals surface area contributed by atoms with Crippen LogP contribution in [0.1, 0.15) is 55.3 Å². The largest absolute Gasteiger partial charge is 0.465 e. The van der Waals surface area contributed by atoms with Crippen molar-refractivity contribution in [3.63, 3.8) is 0 Å². The molecule has 4 aliphatic carbocycles. The highest BCUT2D eigenvalue weighted by atomic mass is 16.5. The van der Waals surface area contributed by atoms with E-state index in [0.717, 1.165) is 37.0 Å². The van der Waals surface area contributed by atoms with Crippen LogP contribution in [-0.2, 0) is 14.3 Å². The lowest BCUT2D eigenvalue weighted by molar-refractivity contribution is -0.146. The number of ether oxygens (including phenoxy) is 1. The van der Waals surface area contributed by atoms with Crippen LogP contribution in [0.25, 0.3) is 0 Å². The molecule has 2 N–H and O–H groups in total. The summed E-state index contributed by atoms with van der Waals surface area (Å²) >= 11 is 0. The van der Waals surface area contributed by atoms with Crippen LogP contribution in [0.3, 0.4) is 0 Å². The molecule has 4 fully saturated rings. The van der Waals surface area contributed by atoms with Gasteiger partial charge in [-0.15, -0.1) is 0 Å². The Bertz CT molecular complexity index is 736. The monoisotopic (exact) mass is 384 g/mol. The van der Waals surface area contributed by atoms with Gasteiger partial charge >= 0.3 is 5.97 Å². The van der Waals surface area contributed by atoms with Crippen LogP contribution < -0.4 is 10.6 Å². The number of nitrogens with one attached hydrogen (secondary N) is 2. The normalized spacial score (nSPS) is 30.0. The van der Waals surface area contributed by atoms with Gasteiger partial charge in [0.05, 0.1) is 12.7 Å². The van der Waals surface area contributed by atoms with Crippen LogP contribution in [0.4, 0.5) is 5.69 Å². The average Bonchev–Trinajstić information content (AvgIpc) is 2.67. The summed E-state index contributed by atoms with van der Waals surface area (Å²) in [5, 5.41) is 5.82. The first-order chi connectivity index (χ1) is 13.5. The van der Waals surface area contributed by atoms with Crippen molar-refractivity contribution in [2.75, 3.05) is 19.0 Å². The number of esters is 1.